The van der Waals surface area contributed by atoms with Crippen LogP contribution in [-0.4, -0.2) is 10.2 Å². The fourth-order valence-electron chi connectivity index (χ4n) is 0.990. The molecule has 0 bridgehead atoms. The first-order chi connectivity index (χ1) is 5.52. The molecular formula is C8H10O4. The molecule has 4 heteroatoms. The monoisotopic (exact) mass is 170 g/mol. The van der Waals surface area contributed by atoms with Crippen LogP contribution in [0.25, 0.3) is 0 Å². The second kappa shape index (κ2) is 2.98. The Labute approximate surface area is 69.1 Å². The summed E-state index contributed by atoms with van der Waals surface area (Å²) >= 11 is 0. The Kier molecular flexibility index (Phi) is 2.19. The van der Waals surface area contributed by atoms with Crippen LogP contribution < -0.4 is 5.63 Å². The smallest absolute Gasteiger partial charge is 0.345 e. The van der Waals surface area contributed by atoms with E-state index in [4.69, 9.17) is 5.11 Å². The van der Waals surface area contributed by atoms with E-state index in [-0.39, 0.29) is 11.3 Å². The lowest BCUT2D eigenvalue weighted by atomic mass is 10.1. The largest absolute Gasteiger partial charge is 0.507 e. The number of rotatable bonds is 1. The van der Waals surface area contributed by atoms with Gasteiger partial charge in [-0.2, -0.15) is 0 Å². The van der Waals surface area contributed by atoms with E-state index in [1.165, 1.54) is 13.0 Å². The van der Waals surface area contributed by atoms with E-state index in [9.17, 15) is 9.90 Å². The lowest BCUT2D eigenvalue weighted by Crippen LogP contribution is -2.10. The van der Waals surface area contributed by atoms with E-state index in [1.54, 1.807) is 6.92 Å². The van der Waals surface area contributed by atoms with Crippen molar-refractivity contribution >= 4 is 0 Å². The van der Waals surface area contributed by atoms with Crippen molar-refractivity contribution < 1.29 is 14.6 Å². The Morgan fingerprint density at radius 1 is 1.58 bits per heavy atom. The topological polar surface area (TPSA) is 70.7 Å². The Morgan fingerprint density at radius 2 is 2.17 bits per heavy atom. The number of hydrogen-bond donors (Lipinski definition) is 2. The summed E-state index contributed by atoms with van der Waals surface area (Å²) in [7, 11) is 0. The highest BCUT2D eigenvalue weighted by atomic mass is 16.4. The van der Waals surface area contributed by atoms with Gasteiger partial charge in [0.2, 0.25) is 0 Å². The summed E-state index contributed by atoms with van der Waals surface area (Å²) < 4.78 is 4.67. The third-order valence-electron chi connectivity index (χ3n) is 1.51. The van der Waals surface area contributed by atoms with Crippen molar-refractivity contribution in [1.82, 2.24) is 0 Å². The minimum atomic E-state index is -1.01. The molecular weight excluding hydrogens is 160 g/mol. The number of aliphatic hydroxyl groups excluding tert-OH is 1. The molecule has 0 spiro atoms. The van der Waals surface area contributed by atoms with Gasteiger partial charge in [0.25, 0.3) is 0 Å². The average Bonchev–Trinajstić information content (AvgIpc) is 1.82. The first-order valence-electron chi connectivity index (χ1n) is 3.54. The fourth-order valence-corrected chi connectivity index (χ4v) is 0.990. The van der Waals surface area contributed by atoms with E-state index in [1.807, 2.05) is 0 Å². The van der Waals surface area contributed by atoms with E-state index in [2.05, 4.69) is 4.42 Å². The third kappa shape index (κ3) is 1.48. The molecule has 12 heavy (non-hydrogen) atoms. The van der Waals surface area contributed by atoms with Gasteiger partial charge in [-0.05, 0) is 13.8 Å². The van der Waals surface area contributed by atoms with Crippen molar-refractivity contribution in [2.45, 2.75) is 20.0 Å². The maximum atomic E-state index is 11.0. The van der Waals surface area contributed by atoms with Crippen LogP contribution >= 0.6 is 0 Å². The maximum Gasteiger partial charge on any atom is 0.345 e. The molecule has 2 N–H and O–H groups in total. The molecule has 0 saturated heterocycles. The van der Waals surface area contributed by atoms with Crippen molar-refractivity contribution in [2.75, 3.05) is 0 Å². The molecule has 1 unspecified atom stereocenters. The number of aryl methyl sites for hydroxylation is 1. The summed E-state index contributed by atoms with van der Waals surface area (Å²) in [4.78, 5) is 11.0. The van der Waals surface area contributed by atoms with Crippen LogP contribution in [0.4, 0.5) is 0 Å². The average molecular weight is 170 g/mol. The molecule has 1 aromatic heterocycles. The zero-order valence-corrected chi connectivity index (χ0v) is 6.87. The van der Waals surface area contributed by atoms with Crippen LogP contribution in [0.5, 0.6) is 5.75 Å². The third-order valence-corrected chi connectivity index (χ3v) is 1.51. The number of aliphatic hydroxyl groups is 1. The lowest BCUT2D eigenvalue weighted by molar-refractivity contribution is 0.188. The molecule has 1 atom stereocenters. The molecule has 1 aromatic rings. The fraction of sp³-hybridized carbons (Fsp3) is 0.375. The van der Waals surface area contributed by atoms with Crippen molar-refractivity contribution in [1.29, 1.82) is 0 Å². The lowest BCUT2D eigenvalue weighted by Gasteiger charge is -2.04. The molecule has 0 aliphatic rings. The highest BCUT2D eigenvalue weighted by Gasteiger charge is 2.13. The number of hydrogen-bond acceptors (Lipinski definition) is 4. The zero-order valence-electron chi connectivity index (χ0n) is 6.87. The van der Waals surface area contributed by atoms with Crippen molar-refractivity contribution in [3.63, 3.8) is 0 Å². The summed E-state index contributed by atoms with van der Waals surface area (Å²) in [6, 6.07) is 1.30. The second-order valence-electron chi connectivity index (χ2n) is 2.62. The van der Waals surface area contributed by atoms with Gasteiger partial charge in [0, 0.05) is 6.07 Å². The van der Waals surface area contributed by atoms with Gasteiger partial charge in [-0.1, -0.05) is 0 Å². The molecule has 66 valence electrons. The molecule has 4 nitrogen and oxygen atoms in total. The van der Waals surface area contributed by atoms with E-state index >= 15 is 0 Å². The van der Waals surface area contributed by atoms with Gasteiger partial charge in [0.15, 0.2) is 0 Å². The molecule has 0 aliphatic carbocycles. The van der Waals surface area contributed by atoms with Gasteiger partial charge in [0.05, 0.1) is 6.10 Å². The Hall–Kier alpha value is -1.29. The van der Waals surface area contributed by atoms with Gasteiger partial charge < -0.3 is 14.6 Å². The quantitative estimate of drug-likeness (QED) is 0.651. The molecule has 0 saturated carbocycles. The van der Waals surface area contributed by atoms with Crippen LogP contribution in [0.15, 0.2) is 15.3 Å². The summed E-state index contributed by atoms with van der Waals surface area (Å²) in [6.45, 7) is 2.94. The molecule has 1 heterocycles. The zero-order chi connectivity index (χ0) is 9.30. The second-order valence-corrected chi connectivity index (χ2v) is 2.62. The van der Waals surface area contributed by atoms with Gasteiger partial charge in [0.1, 0.15) is 17.1 Å². The predicted molar refractivity (Wildman–Crippen MR) is 42.0 cm³/mol. The molecule has 0 fully saturated rings. The SMILES string of the molecule is Cc1cc(O)c(C(C)O)c(=O)o1. The normalized spacial score (nSPS) is 12.9. The summed E-state index contributed by atoms with van der Waals surface area (Å²) in [6.07, 6.45) is -1.01. The standard InChI is InChI=1S/C8H10O4/c1-4-3-6(10)7(5(2)9)8(11)12-4/h3,5,9-10H,1-2H3. The van der Waals surface area contributed by atoms with Crippen molar-refractivity contribution in [3.8, 4) is 5.75 Å². The van der Waals surface area contributed by atoms with Gasteiger partial charge in [-0.25, -0.2) is 4.79 Å². The van der Waals surface area contributed by atoms with Crippen molar-refractivity contribution in [2.24, 2.45) is 0 Å². The van der Waals surface area contributed by atoms with E-state index < -0.39 is 11.7 Å². The molecule has 0 aromatic carbocycles. The van der Waals surface area contributed by atoms with Gasteiger partial charge in [-0.15, -0.1) is 0 Å². The Morgan fingerprint density at radius 3 is 2.58 bits per heavy atom. The minimum Gasteiger partial charge on any atom is -0.507 e. The Balaban J connectivity index is 3.39. The summed E-state index contributed by atoms with van der Waals surface area (Å²) in [5, 5.41) is 18.3. The van der Waals surface area contributed by atoms with Gasteiger partial charge in [-0.3, -0.25) is 0 Å². The van der Waals surface area contributed by atoms with Crippen LogP contribution in [0, 0.1) is 6.92 Å². The van der Waals surface area contributed by atoms with Gasteiger partial charge >= 0.3 is 5.63 Å². The number of aromatic hydroxyl groups is 1. The predicted octanol–water partition coefficient (Wildman–Crippen LogP) is 0.707. The van der Waals surface area contributed by atoms with Crippen LogP contribution in [0.2, 0.25) is 0 Å². The first-order valence-corrected chi connectivity index (χ1v) is 3.54. The van der Waals surface area contributed by atoms with Crippen LogP contribution in [0.3, 0.4) is 0 Å². The molecule has 0 aliphatic heterocycles. The van der Waals surface area contributed by atoms with E-state index in [0.29, 0.717) is 5.76 Å². The molecule has 0 radical (unpaired) electrons. The highest BCUT2D eigenvalue weighted by Crippen LogP contribution is 2.20. The van der Waals surface area contributed by atoms with E-state index in [0.717, 1.165) is 0 Å². The first kappa shape index (κ1) is 8.80. The van der Waals surface area contributed by atoms with Crippen LogP contribution in [-0.2, 0) is 0 Å². The van der Waals surface area contributed by atoms with Crippen LogP contribution in [0.1, 0.15) is 24.4 Å². The summed E-state index contributed by atoms with van der Waals surface area (Å²) in [5.41, 5.74) is -0.789. The van der Waals surface area contributed by atoms with Crippen molar-refractivity contribution in [3.05, 3.63) is 27.8 Å². The summed E-state index contributed by atoms with van der Waals surface area (Å²) in [5.74, 6) is 0.0978. The maximum absolute atomic E-state index is 11.0. The minimum absolute atomic E-state index is 0.0967. The highest BCUT2D eigenvalue weighted by molar-refractivity contribution is 5.30. The molecule has 1 rings (SSSR count). The molecule has 0 amide bonds. The Bertz CT molecular complexity index is 337.